The number of carbonyl (C=O) groups is 2. The number of phenolic OH excluding ortho intramolecular Hbond substituents is 2. The summed E-state index contributed by atoms with van der Waals surface area (Å²) in [5, 5.41) is 24.4. The maximum Gasteiger partial charge on any atom is 0.254 e. The van der Waals surface area contributed by atoms with Crippen LogP contribution in [-0.2, 0) is 9.59 Å². The second kappa shape index (κ2) is 4.72. The van der Waals surface area contributed by atoms with Crippen LogP contribution in [0.2, 0.25) is 0 Å². The number of halogens is 1. The molecule has 0 aromatic heterocycles. The number of amides is 2. The van der Waals surface area contributed by atoms with Crippen molar-refractivity contribution in [3.8, 4) is 11.5 Å². The fourth-order valence-corrected chi connectivity index (χ4v) is 5.33. The van der Waals surface area contributed by atoms with E-state index in [0.717, 1.165) is 17.9 Å². The zero-order valence-electron chi connectivity index (χ0n) is 13.1. The first kappa shape index (κ1) is 15.1. The van der Waals surface area contributed by atoms with Gasteiger partial charge in [-0.05, 0) is 52.1 Å². The number of hydrogen-bond donors (Lipinski definition) is 2. The van der Waals surface area contributed by atoms with Crippen LogP contribution in [0.5, 0.6) is 11.5 Å². The predicted molar refractivity (Wildman–Crippen MR) is 91.7 cm³/mol. The van der Waals surface area contributed by atoms with E-state index in [0.29, 0.717) is 10.0 Å². The van der Waals surface area contributed by atoms with Gasteiger partial charge in [0, 0.05) is 11.6 Å². The van der Waals surface area contributed by atoms with Crippen LogP contribution in [0.4, 0.5) is 0 Å². The molecular weight excluding hydrogens is 388 g/mol. The van der Waals surface area contributed by atoms with E-state index in [-0.39, 0.29) is 52.4 Å². The van der Waals surface area contributed by atoms with Crippen LogP contribution in [0.25, 0.3) is 0 Å². The van der Waals surface area contributed by atoms with Crippen molar-refractivity contribution in [3.63, 3.8) is 0 Å². The van der Waals surface area contributed by atoms with Crippen molar-refractivity contribution in [1.82, 2.24) is 5.01 Å². The molecule has 5 rings (SSSR count). The summed E-state index contributed by atoms with van der Waals surface area (Å²) in [7, 11) is 0. The van der Waals surface area contributed by atoms with Crippen LogP contribution in [0.15, 0.2) is 33.9 Å². The zero-order chi connectivity index (χ0) is 17.5. The molecule has 128 valence electrons. The van der Waals surface area contributed by atoms with Crippen molar-refractivity contribution in [2.24, 2.45) is 34.2 Å². The van der Waals surface area contributed by atoms with Crippen LogP contribution in [-0.4, -0.2) is 33.3 Å². The average molecular weight is 403 g/mol. The average Bonchev–Trinajstić information content (AvgIpc) is 3.17. The molecule has 3 aliphatic carbocycles. The van der Waals surface area contributed by atoms with Crippen LogP contribution >= 0.6 is 15.9 Å². The van der Waals surface area contributed by atoms with Crippen LogP contribution < -0.4 is 0 Å². The van der Waals surface area contributed by atoms with Gasteiger partial charge in [0.25, 0.3) is 11.8 Å². The summed E-state index contributed by atoms with van der Waals surface area (Å²) < 4.78 is 0.389. The summed E-state index contributed by atoms with van der Waals surface area (Å²) in [6.45, 7) is 0. The van der Waals surface area contributed by atoms with E-state index >= 15 is 0 Å². The largest absolute Gasteiger partial charge is 0.507 e. The second-order valence-electron chi connectivity index (χ2n) is 7.32. The van der Waals surface area contributed by atoms with E-state index in [1.807, 2.05) is 0 Å². The molecule has 0 unspecified atom stereocenters. The van der Waals surface area contributed by atoms with Gasteiger partial charge < -0.3 is 10.2 Å². The second-order valence-corrected chi connectivity index (χ2v) is 8.17. The number of rotatable bonds is 2. The van der Waals surface area contributed by atoms with Crippen molar-refractivity contribution < 1.29 is 19.8 Å². The Morgan fingerprint density at radius 2 is 1.68 bits per heavy atom. The van der Waals surface area contributed by atoms with E-state index < -0.39 is 0 Å². The number of fused-ring (bicyclic) bond motifs is 3. The molecule has 3 fully saturated rings. The first-order valence-electron chi connectivity index (χ1n) is 8.26. The minimum atomic E-state index is -0.290. The smallest absolute Gasteiger partial charge is 0.254 e. The molecule has 2 bridgehead atoms. The number of hydrogen-bond acceptors (Lipinski definition) is 5. The minimum absolute atomic E-state index is 0.102. The maximum absolute atomic E-state index is 12.8. The monoisotopic (exact) mass is 402 g/mol. The normalized spacial score (nSPS) is 33.9. The molecule has 0 radical (unpaired) electrons. The number of phenols is 2. The Morgan fingerprint density at radius 1 is 1.08 bits per heavy atom. The first-order chi connectivity index (χ1) is 11.9. The van der Waals surface area contributed by atoms with E-state index in [4.69, 9.17) is 0 Å². The van der Waals surface area contributed by atoms with Crippen molar-refractivity contribution >= 4 is 34.0 Å². The standard InChI is InChI=1S/C18H15BrN2O4/c19-11-5-8(12(22)6-13(11)23)7-20-21-16(24)14-9-1-2-10(15(14)17(21)25)18(9)3-4-18/h1-2,5-7,9-10,14-15,22-23H,3-4H2/b20-7-/t9-,10-,14-,15-/m1/s1. The Labute approximate surface area is 152 Å². The molecule has 25 heavy (non-hydrogen) atoms. The van der Waals surface area contributed by atoms with Gasteiger partial charge in [-0.2, -0.15) is 10.1 Å². The lowest BCUT2D eigenvalue weighted by atomic mass is 9.85. The number of carbonyl (C=O) groups excluding carboxylic acids is 2. The highest BCUT2D eigenvalue weighted by Gasteiger charge is 2.73. The van der Waals surface area contributed by atoms with Crippen molar-refractivity contribution in [3.05, 3.63) is 34.3 Å². The Hall–Kier alpha value is -2.15. The molecule has 2 saturated carbocycles. The highest BCUT2D eigenvalue weighted by molar-refractivity contribution is 9.10. The van der Waals surface area contributed by atoms with Gasteiger partial charge in [0.1, 0.15) is 11.5 Å². The summed E-state index contributed by atoms with van der Waals surface area (Å²) in [6, 6.07) is 2.65. The molecule has 4 aliphatic rings. The Kier molecular flexibility index (Phi) is 2.86. The van der Waals surface area contributed by atoms with E-state index in [2.05, 4.69) is 33.2 Å². The topological polar surface area (TPSA) is 90.2 Å². The maximum atomic E-state index is 12.8. The molecule has 1 heterocycles. The Balaban J connectivity index is 1.45. The van der Waals surface area contributed by atoms with Crippen molar-refractivity contribution in [1.29, 1.82) is 0 Å². The zero-order valence-corrected chi connectivity index (χ0v) is 14.7. The molecular formula is C18H15BrN2O4. The van der Waals surface area contributed by atoms with E-state index in [1.54, 1.807) is 0 Å². The third-order valence-corrected chi connectivity index (χ3v) is 6.87. The number of allylic oxidation sites excluding steroid dienone is 2. The van der Waals surface area contributed by atoms with Gasteiger partial charge in [0.05, 0.1) is 22.5 Å². The molecule has 7 heteroatoms. The number of hydrazone groups is 1. The third kappa shape index (κ3) is 1.82. The lowest BCUT2D eigenvalue weighted by Gasteiger charge is -2.18. The molecule has 1 aromatic rings. The van der Waals surface area contributed by atoms with E-state index in [9.17, 15) is 19.8 Å². The summed E-state index contributed by atoms with van der Waals surface area (Å²) >= 11 is 3.16. The van der Waals surface area contributed by atoms with Gasteiger partial charge in [0.2, 0.25) is 0 Å². The van der Waals surface area contributed by atoms with Gasteiger partial charge in [-0.3, -0.25) is 9.59 Å². The Bertz CT molecular complexity index is 855. The fraction of sp³-hybridized carbons (Fsp3) is 0.389. The molecule has 6 nitrogen and oxygen atoms in total. The third-order valence-electron chi connectivity index (χ3n) is 6.24. The molecule has 1 aromatic carbocycles. The molecule has 1 spiro atoms. The number of nitrogens with zero attached hydrogens (tertiary/aromatic N) is 2. The number of benzene rings is 1. The summed E-state index contributed by atoms with van der Waals surface area (Å²) in [5.74, 6) is -1.02. The predicted octanol–water partition coefficient (Wildman–Crippen LogP) is 2.39. The highest BCUT2D eigenvalue weighted by atomic mass is 79.9. The van der Waals surface area contributed by atoms with Gasteiger partial charge in [-0.25, -0.2) is 0 Å². The summed E-state index contributed by atoms with van der Waals surface area (Å²) in [6.07, 6.45) is 7.70. The van der Waals surface area contributed by atoms with Crippen molar-refractivity contribution in [2.75, 3.05) is 0 Å². The lowest BCUT2D eigenvalue weighted by molar-refractivity contribution is -0.141. The molecule has 2 amide bonds. The first-order valence-corrected chi connectivity index (χ1v) is 9.05. The van der Waals surface area contributed by atoms with Crippen LogP contribution in [0.3, 0.4) is 0 Å². The minimum Gasteiger partial charge on any atom is -0.507 e. The SMILES string of the molecule is O=C1[C@H]2[C@H](C(=O)N1/N=C\c1cc(Br)c(O)cc1O)[C@H]1C=C[C@H]2C12CC2. The lowest BCUT2D eigenvalue weighted by Crippen LogP contribution is -2.30. The van der Waals surface area contributed by atoms with Crippen molar-refractivity contribution in [2.45, 2.75) is 12.8 Å². The van der Waals surface area contributed by atoms with Crippen LogP contribution in [0.1, 0.15) is 18.4 Å². The van der Waals surface area contributed by atoms with Gasteiger partial charge in [-0.15, -0.1) is 0 Å². The summed E-state index contributed by atoms with van der Waals surface area (Å²) in [5.41, 5.74) is 0.471. The number of aromatic hydroxyl groups is 2. The molecule has 1 saturated heterocycles. The summed E-state index contributed by atoms with van der Waals surface area (Å²) in [4.78, 5) is 25.6. The highest BCUT2D eigenvalue weighted by Crippen LogP contribution is 2.73. The van der Waals surface area contributed by atoms with Gasteiger partial charge in [0.15, 0.2) is 0 Å². The van der Waals surface area contributed by atoms with Crippen LogP contribution in [0, 0.1) is 29.1 Å². The Morgan fingerprint density at radius 3 is 2.24 bits per heavy atom. The fourth-order valence-electron chi connectivity index (χ4n) is 4.97. The van der Waals surface area contributed by atoms with Gasteiger partial charge in [-0.1, -0.05) is 12.2 Å². The van der Waals surface area contributed by atoms with Gasteiger partial charge >= 0.3 is 0 Å². The molecule has 1 aliphatic heterocycles. The molecule has 4 atom stereocenters. The quantitative estimate of drug-likeness (QED) is 0.451. The van der Waals surface area contributed by atoms with E-state index in [1.165, 1.54) is 18.3 Å². The molecule has 2 N–H and O–H groups in total. The number of imide groups is 1.